The van der Waals surface area contributed by atoms with E-state index in [0.29, 0.717) is 6.04 Å². The summed E-state index contributed by atoms with van der Waals surface area (Å²) in [5.41, 5.74) is 2.54. The Bertz CT molecular complexity index is 416. The largest absolute Gasteiger partial charge is 0.497 e. The van der Waals surface area contributed by atoms with Crippen LogP contribution in [0.4, 0.5) is 5.69 Å². The van der Waals surface area contributed by atoms with Gasteiger partial charge in [0.1, 0.15) is 5.75 Å². The van der Waals surface area contributed by atoms with E-state index in [2.05, 4.69) is 31.3 Å². The number of hydrogen-bond acceptors (Lipinski definition) is 2. The summed E-state index contributed by atoms with van der Waals surface area (Å²) >= 11 is 0. The van der Waals surface area contributed by atoms with Crippen molar-refractivity contribution in [3.63, 3.8) is 0 Å². The van der Waals surface area contributed by atoms with Gasteiger partial charge in [0.25, 0.3) is 0 Å². The van der Waals surface area contributed by atoms with Crippen LogP contribution >= 0.6 is 0 Å². The number of rotatable bonds is 5. The molecule has 20 heavy (non-hydrogen) atoms. The minimum atomic E-state index is 0.643. The summed E-state index contributed by atoms with van der Waals surface area (Å²) in [6.45, 7) is 4.46. The van der Waals surface area contributed by atoms with Crippen LogP contribution in [-0.4, -0.2) is 13.2 Å². The average molecular weight is 275 g/mol. The highest BCUT2D eigenvalue weighted by Crippen LogP contribution is 2.29. The van der Waals surface area contributed by atoms with Crippen LogP contribution < -0.4 is 10.1 Å². The van der Waals surface area contributed by atoms with Crippen LogP contribution in [0.15, 0.2) is 18.2 Å². The van der Waals surface area contributed by atoms with E-state index in [1.54, 1.807) is 7.11 Å². The maximum Gasteiger partial charge on any atom is 0.119 e. The predicted octanol–water partition coefficient (Wildman–Crippen LogP) is 5.16. The Kier molecular flexibility index (Phi) is 5.75. The first-order chi connectivity index (χ1) is 9.72. The van der Waals surface area contributed by atoms with E-state index in [1.807, 2.05) is 6.07 Å². The maximum atomic E-state index is 5.27. The van der Waals surface area contributed by atoms with Gasteiger partial charge in [-0.2, -0.15) is 0 Å². The number of benzene rings is 1. The molecular formula is C18H29NO. The SMILES string of the molecule is CCCC1CCCC(Nc2ccc(OC)cc2C)CC1. The number of hydrogen-bond donors (Lipinski definition) is 1. The minimum Gasteiger partial charge on any atom is -0.497 e. The average Bonchev–Trinajstić information content (AvgIpc) is 2.67. The molecule has 0 heterocycles. The lowest BCUT2D eigenvalue weighted by Crippen LogP contribution is -2.19. The van der Waals surface area contributed by atoms with E-state index in [9.17, 15) is 0 Å². The Balaban J connectivity index is 1.93. The van der Waals surface area contributed by atoms with Crippen LogP contribution in [0.2, 0.25) is 0 Å². The highest BCUT2D eigenvalue weighted by atomic mass is 16.5. The minimum absolute atomic E-state index is 0.643. The normalized spacial score (nSPS) is 23.1. The van der Waals surface area contributed by atoms with Gasteiger partial charge >= 0.3 is 0 Å². The molecule has 2 atom stereocenters. The number of nitrogens with one attached hydrogen (secondary N) is 1. The summed E-state index contributed by atoms with van der Waals surface area (Å²) in [5, 5.41) is 3.75. The van der Waals surface area contributed by atoms with Crippen LogP contribution in [0.5, 0.6) is 5.75 Å². The summed E-state index contributed by atoms with van der Waals surface area (Å²) in [7, 11) is 1.72. The summed E-state index contributed by atoms with van der Waals surface area (Å²) in [6.07, 6.45) is 9.56. The lowest BCUT2D eigenvalue weighted by Gasteiger charge is -2.20. The first-order valence-electron chi connectivity index (χ1n) is 8.14. The van der Waals surface area contributed by atoms with Gasteiger partial charge in [0.15, 0.2) is 0 Å². The van der Waals surface area contributed by atoms with E-state index >= 15 is 0 Å². The number of anilines is 1. The van der Waals surface area contributed by atoms with E-state index in [-0.39, 0.29) is 0 Å². The fourth-order valence-corrected chi connectivity index (χ4v) is 3.36. The molecule has 1 aromatic carbocycles. The van der Waals surface area contributed by atoms with Crippen molar-refractivity contribution >= 4 is 5.69 Å². The van der Waals surface area contributed by atoms with Gasteiger partial charge in [-0.05, 0) is 55.9 Å². The Morgan fingerprint density at radius 3 is 2.75 bits per heavy atom. The van der Waals surface area contributed by atoms with Crippen LogP contribution in [0.25, 0.3) is 0 Å². The van der Waals surface area contributed by atoms with Gasteiger partial charge in [0.2, 0.25) is 0 Å². The van der Waals surface area contributed by atoms with Crippen LogP contribution in [0.1, 0.15) is 57.4 Å². The van der Waals surface area contributed by atoms with Crippen molar-refractivity contribution < 1.29 is 4.74 Å². The molecule has 0 radical (unpaired) electrons. The lowest BCUT2D eigenvalue weighted by molar-refractivity contribution is 0.414. The van der Waals surface area contributed by atoms with Crippen molar-refractivity contribution in [2.24, 2.45) is 5.92 Å². The molecule has 0 saturated heterocycles. The van der Waals surface area contributed by atoms with Crippen molar-refractivity contribution in [2.75, 3.05) is 12.4 Å². The molecule has 0 aromatic heterocycles. The summed E-state index contributed by atoms with van der Waals surface area (Å²) in [5.74, 6) is 1.90. The third-order valence-electron chi connectivity index (χ3n) is 4.58. The lowest BCUT2D eigenvalue weighted by atomic mass is 9.95. The van der Waals surface area contributed by atoms with Crippen LogP contribution in [0, 0.1) is 12.8 Å². The number of ether oxygens (including phenoxy) is 1. The van der Waals surface area contributed by atoms with Gasteiger partial charge in [-0.25, -0.2) is 0 Å². The zero-order valence-electron chi connectivity index (χ0n) is 13.2. The Labute approximate surface area is 123 Å². The maximum absolute atomic E-state index is 5.27. The molecule has 1 aromatic rings. The second kappa shape index (κ2) is 7.56. The van der Waals surface area contributed by atoms with Gasteiger partial charge in [-0.1, -0.05) is 32.6 Å². The Hall–Kier alpha value is -1.18. The van der Waals surface area contributed by atoms with Gasteiger partial charge in [0, 0.05) is 11.7 Å². The van der Waals surface area contributed by atoms with E-state index < -0.39 is 0 Å². The fourth-order valence-electron chi connectivity index (χ4n) is 3.36. The molecular weight excluding hydrogens is 246 g/mol. The third-order valence-corrected chi connectivity index (χ3v) is 4.58. The second-order valence-electron chi connectivity index (χ2n) is 6.19. The second-order valence-corrected chi connectivity index (χ2v) is 6.19. The number of methoxy groups -OCH3 is 1. The van der Waals surface area contributed by atoms with Gasteiger partial charge < -0.3 is 10.1 Å². The van der Waals surface area contributed by atoms with Gasteiger partial charge in [-0.15, -0.1) is 0 Å². The molecule has 1 saturated carbocycles. The van der Waals surface area contributed by atoms with Crippen molar-refractivity contribution in [1.29, 1.82) is 0 Å². The first kappa shape index (κ1) is 15.2. The molecule has 2 nitrogen and oxygen atoms in total. The molecule has 0 aliphatic heterocycles. The fraction of sp³-hybridized carbons (Fsp3) is 0.667. The van der Waals surface area contributed by atoms with E-state index in [1.165, 1.54) is 56.2 Å². The molecule has 112 valence electrons. The first-order valence-corrected chi connectivity index (χ1v) is 8.14. The molecule has 1 aliphatic rings. The monoisotopic (exact) mass is 275 g/mol. The topological polar surface area (TPSA) is 21.3 Å². The zero-order valence-corrected chi connectivity index (χ0v) is 13.2. The molecule has 0 bridgehead atoms. The van der Waals surface area contributed by atoms with Gasteiger partial charge in [0.05, 0.1) is 7.11 Å². The molecule has 0 amide bonds. The quantitative estimate of drug-likeness (QED) is 0.749. The molecule has 2 unspecified atom stereocenters. The number of aryl methyl sites for hydroxylation is 1. The molecule has 0 spiro atoms. The summed E-state index contributed by atoms with van der Waals surface area (Å²) < 4.78 is 5.27. The highest BCUT2D eigenvalue weighted by Gasteiger charge is 2.18. The van der Waals surface area contributed by atoms with Gasteiger partial charge in [-0.3, -0.25) is 0 Å². The summed E-state index contributed by atoms with van der Waals surface area (Å²) in [6, 6.07) is 6.96. The molecule has 2 heteroatoms. The van der Waals surface area contributed by atoms with Crippen LogP contribution in [-0.2, 0) is 0 Å². The van der Waals surface area contributed by atoms with Crippen molar-refractivity contribution in [3.05, 3.63) is 23.8 Å². The Morgan fingerprint density at radius 2 is 2.05 bits per heavy atom. The molecule has 1 N–H and O–H groups in total. The van der Waals surface area contributed by atoms with E-state index in [0.717, 1.165) is 11.7 Å². The third kappa shape index (κ3) is 4.16. The standard InChI is InChI=1S/C18H29NO/c1-4-6-15-7-5-8-16(10-9-15)19-18-12-11-17(20-3)13-14(18)2/h11-13,15-16,19H,4-10H2,1-3H3. The zero-order chi connectivity index (χ0) is 14.4. The van der Waals surface area contributed by atoms with Crippen molar-refractivity contribution in [1.82, 2.24) is 0 Å². The van der Waals surface area contributed by atoms with Crippen LogP contribution in [0.3, 0.4) is 0 Å². The van der Waals surface area contributed by atoms with Crippen molar-refractivity contribution in [3.8, 4) is 5.75 Å². The summed E-state index contributed by atoms with van der Waals surface area (Å²) in [4.78, 5) is 0. The molecule has 1 aliphatic carbocycles. The smallest absolute Gasteiger partial charge is 0.119 e. The predicted molar refractivity (Wildman–Crippen MR) is 86.6 cm³/mol. The van der Waals surface area contributed by atoms with E-state index in [4.69, 9.17) is 4.74 Å². The van der Waals surface area contributed by atoms with Crippen molar-refractivity contribution in [2.45, 2.75) is 64.8 Å². The molecule has 1 fully saturated rings. The highest BCUT2D eigenvalue weighted by molar-refractivity contribution is 5.54. The Morgan fingerprint density at radius 1 is 1.20 bits per heavy atom. The molecule has 2 rings (SSSR count).